The molecule has 0 atom stereocenters. The van der Waals surface area contributed by atoms with Gasteiger partial charge in [-0.15, -0.1) is 0 Å². The van der Waals surface area contributed by atoms with Crippen LogP contribution in [0.4, 0.5) is 11.5 Å². The molecule has 0 saturated heterocycles. The molecule has 4 nitrogen and oxygen atoms in total. The lowest BCUT2D eigenvalue weighted by atomic mass is 9.75. The Balaban J connectivity index is 2.01. The van der Waals surface area contributed by atoms with Gasteiger partial charge in [-0.1, -0.05) is 13.8 Å². The van der Waals surface area contributed by atoms with Crippen molar-refractivity contribution in [2.45, 2.75) is 45.6 Å². The third-order valence-corrected chi connectivity index (χ3v) is 3.72. The second-order valence-corrected chi connectivity index (χ2v) is 5.83. The summed E-state index contributed by atoms with van der Waals surface area (Å²) >= 11 is 0. The molecule has 0 radical (unpaired) electrons. The standard InChI is InChI=1S/C14H20N4/c1-14(2)7-5-10(6-8-14)17-13-4-3-11(16)12(9-15)18-13/h3-4,10H,5-8,16H2,1-2H3,(H,17,18). The zero-order valence-corrected chi connectivity index (χ0v) is 11.0. The lowest BCUT2D eigenvalue weighted by Crippen LogP contribution is -2.30. The van der Waals surface area contributed by atoms with Crippen molar-refractivity contribution in [3.8, 4) is 6.07 Å². The largest absolute Gasteiger partial charge is 0.396 e. The summed E-state index contributed by atoms with van der Waals surface area (Å²) in [4.78, 5) is 4.22. The number of anilines is 2. The fourth-order valence-corrected chi connectivity index (χ4v) is 2.39. The number of nitrogens with two attached hydrogens (primary N) is 1. The van der Waals surface area contributed by atoms with Crippen LogP contribution in [-0.2, 0) is 0 Å². The van der Waals surface area contributed by atoms with Gasteiger partial charge in [0.05, 0.1) is 5.69 Å². The zero-order valence-electron chi connectivity index (χ0n) is 11.0. The average molecular weight is 244 g/mol. The van der Waals surface area contributed by atoms with Crippen LogP contribution in [0.15, 0.2) is 12.1 Å². The van der Waals surface area contributed by atoms with Gasteiger partial charge in [0.1, 0.15) is 11.9 Å². The molecule has 1 saturated carbocycles. The summed E-state index contributed by atoms with van der Waals surface area (Å²) in [6.07, 6.45) is 4.76. The van der Waals surface area contributed by atoms with E-state index < -0.39 is 0 Å². The molecule has 96 valence electrons. The van der Waals surface area contributed by atoms with E-state index in [4.69, 9.17) is 11.0 Å². The van der Waals surface area contributed by atoms with Crippen LogP contribution in [0.3, 0.4) is 0 Å². The Morgan fingerprint density at radius 1 is 1.39 bits per heavy atom. The first kappa shape index (κ1) is 12.7. The Morgan fingerprint density at radius 2 is 2.06 bits per heavy atom. The monoisotopic (exact) mass is 244 g/mol. The van der Waals surface area contributed by atoms with Gasteiger partial charge in [0, 0.05) is 6.04 Å². The van der Waals surface area contributed by atoms with E-state index in [9.17, 15) is 0 Å². The quantitative estimate of drug-likeness (QED) is 0.838. The number of nitrogens with zero attached hydrogens (tertiary/aromatic N) is 2. The Bertz CT molecular complexity index is 463. The summed E-state index contributed by atoms with van der Waals surface area (Å²) in [5.74, 6) is 0.755. The van der Waals surface area contributed by atoms with E-state index in [0.29, 0.717) is 22.8 Å². The van der Waals surface area contributed by atoms with Crippen molar-refractivity contribution in [2.24, 2.45) is 5.41 Å². The maximum absolute atomic E-state index is 8.90. The Hall–Kier alpha value is -1.76. The molecule has 1 fully saturated rings. The van der Waals surface area contributed by atoms with Crippen LogP contribution in [-0.4, -0.2) is 11.0 Å². The highest BCUT2D eigenvalue weighted by Gasteiger charge is 2.26. The highest BCUT2D eigenvalue weighted by molar-refractivity contribution is 5.54. The molecule has 1 aliphatic rings. The second-order valence-electron chi connectivity index (χ2n) is 5.83. The van der Waals surface area contributed by atoms with E-state index in [1.807, 2.05) is 12.1 Å². The van der Waals surface area contributed by atoms with E-state index in [1.54, 1.807) is 6.07 Å². The predicted molar refractivity (Wildman–Crippen MR) is 73.0 cm³/mol. The van der Waals surface area contributed by atoms with Crippen LogP contribution < -0.4 is 11.1 Å². The molecule has 1 heterocycles. The van der Waals surface area contributed by atoms with Crippen LogP contribution in [0.2, 0.25) is 0 Å². The SMILES string of the molecule is CC1(C)CCC(Nc2ccc(N)c(C#N)n2)CC1. The van der Waals surface area contributed by atoms with Gasteiger partial charge in [-0.3, -0.25) is 0 Å². The Labute approximate surface area is 108 Å². The number of nitriles is 1. The molecule has 18 heavy (non-hydrogen) atoms. The summed E-state index contributed by atoms with van der Waals surface area (Å²) < 4.78 is 0. The fraction of sp³-hybridized carbons (Fsp3) is 0.571. The summed E-state index contributed by atoms with van der Waals surface area (Å²) in [6, 6.07) is 6.05. The highest BCUT2D eigenvalue weighted by Crippen LogP contribution is 2.35. The number of nitrogens with one attached hydrogen (secondary N) is 1. The van der Waals surface area contributed by atoms with Crippen LogP contribution in [0, 0.1) is 16.7 Å². The first-order valence-electron chi connectivity index (χ1n) is 6.43. The molecule has 2 rings (SSSR count). The molecule has 0 unspecified atom stereocenters. The van der Waals surface area contributed by atoms with E-state index in [1.165, 1.54) is 12.8 Å². The minimum atomic E-state index is 0.302. The molecule has 1 aromatic rings. The van der Waals surface area contributed by atoms with Crippen molar-refractivity contribution in [3.63, 3.8) is 0 Å². The molecule has 0 aromatic carbocycles. The fourth-order valence-electron chi connectivity index (χ4n) is 2.39. The molecule has 0 bridgehead atoms. The van der Waals surface area contributed by atoms with Gasteiger partial charge in [0.2, 0.25) is 0 Å². The van der Waals surface area contributed by atoms with Crippen LogP contribution in [0.1, 0.15) is 45.2 Å². The van der Waals surface area contributed by atoms with Crippen molar-refractivity contribution in [2.75, 3.05) is 11.1 Å². The molecule has 0 amide bonds. The van der Waals surface area contributed by atoms with Crippen molar-refractivity contribution in [1.29, 1.82) is 5.26 Å². The first-order chi connectivity index (χ1) is 8.50. The van der Waals surface area contributed by atoms with Crippen molar-refractivity contribution < 1.29 is 0 Å². The van der Waals surface area contributed by atoms with E-state index >= 15 is 0 Å². The average Bonchev–Trinajstić information content (AvgIpc) is 2.34. The molecule has 4 heteroatoms. The summed E-state index contributed by atoms with van der Waals surface area (Å²) in [5, 5.41) is 12.3. The minimum absolute atomic E-state index is 0.302. The smallest absolute Gasteiger partial charge is 0.165 e. The van der Waals surface area contributed by atoms with Gasteiger partial charge in [0.25, 0.3) is 0 Å². The number of aromatic nitrogens is 1. The number of hydrogen-bond donors (Lipinski definition) is 2. The van der Waals surface area contributed by atoms with Crippen molar-refractivity contribution in [1.82, 2.24) is 4.98 Å². The van der Waals surface area contributed by atoms with Crippen LogP contribution in [0.25, 0.3) is 0 Å². The third kappa shape index (κ3) is 2.92. The van der Waals surface area contributed by atoms with Gasteiger partial charge >= 0.3 is 0 Å². The lowest BCUT2D eigenvalue weighted by Gasteiger charge is -2.34. The predicted octanol–water partition coefficient (Wildman–Crippen LogP) is 2.92. The van der Waals surface area contributed by atoms with Gasteiger partial charge in [-0.2, -0.15) is 5.26 Å². The second kappa shape index (κ2) is 4.85. The molecule has 0 aliphatic heterocycles. The Morgan fingerprint density at radius 3 is 2.67 bits per heavy atom. The van der Waals surface area contributed by atoms with Gasteiger partial charge < -0.3 is 11.1 Å². The van der Waals surface area contributed by atoms with Gasteiger partial charge in [-0.25, -0.2) is 4.98 Å². The highest BCUT2D eigenvalue weighted by atomic mass is 15.0. The van der Waals surface area contributed by atoms with E-state index in [2.05, 4.69) is 24.1 Å². The first-order valence-corrected chi connectivity index (χ1v) is 6.43. The molecule has 1 aliphatic carbocycles. The summed E-state index contributed by atoms with van der Waals surface area (Å²) in [7, 11) is 0. The van der Waals surface area contributed by atoms with Crippen LogP contribution >= 0.6 is 0 Å². The van der Waals surface area contributed by atoms with Crippen molar-refractivity contribution >= 4 is 11.5 Å². The van der Waals surface area contributed by atoms with Gasteiger partial charge in [-0.05, 0) is 43.2 Å². The van der Waals surface area contributed by atoms with E-state index in [0.717, 1.165) is 18.7 Å². The molecule has 0 spiro atoms. The lowest BCUT2D eigenvalue weighted by molar-refractivity contribution is 0.232. The molecule has 1 aromatic heterocycles. The maximum atomic E-state index is 8.90. The molecular formula is C14H20N4. The van der Waals surface area contributed by atoms with Gasteiger partial charge in [0.15, 0.2) is 5.69 Å². The summed E-state index contributed by atoms with van der Waals surface area (Å²) in [5.41, 5.74) is 6.86. The third-order valence-electron chi connectivity index (χ3n) is 3.72. The minimum Gasteiger partial charge on any atom is -0.396 e. The van der Waals surface area contributed by atoms with Crippen molar-refractivity contribution in [3.05, 3.63) is 17.8 Å². The topological polar surface area (TPSA) is 74.7 Å². The van der Waals surface area contributed by atoms with E-state index in [-0.39, 0.29) is 0 Å². The molecular weight excluding hydrogens is 224 g/mol. The normalized spacial score (nSPS) is 19.2. The summed E-state index contributed by atoms with van der Waals surface area (Å²) in [6.45, 7) is 4.64. The number of hydrogen-bond acceptors (Lipinski definition) is 4. The molecule has 3 N–H and O–H groups in total. The maximum Gasteiger partial charge on any atom is 0.165 e. The zero-order chi connectivity index (χ0) is 13.2. The number of rotatable bonds is 2. The Kier molecular flexibility index (Phi) is 3.42. The number of nitrogen functional groups attached to an aromatic ring is 1. The number of pyridine rings is 1. The van der Waals surface area contributed by atoms with Crippen LogP contribution in [0.5, 0.6) is 0 Å².